The Morgan fingerprint density at radius 1 is 1.11 bits per heavy atom. The van der Waals surface area contributed by atoms with Gasteiger partial charge in [0.2, 0.25) is 0 Å². The number of nitrogens with zero attached hydrogens (tertiary/aromatic N) is 3. The zero-order chi connectivity index (χ0) is 25.8. The quantitative estimate of drug-likeness (QED) is 0.289. The number of benzene rings is 2. The zero-order valence-corrected chi connectivity index (χ0v) is 21.6. The first-order valence-electron chi connectivity index (χ1n) is 11.2. The van der Waals surface area contributed by atoms with Crippen molar-refractivity contribution in [2.24, 2.45) is 5.73 Å². The predicted octanol–water partition coefficient (Wildman–Crippen LogP) is 5.29. The number of rotatable bonds is 8. The van der Waals surface area contributed by atoms with Gasteiger partial charge in [0.15, 0.2) is 5.65 Å². The van der Waals surface area contributed by atoms with E-state index in [0.29, 0.717) is 46.2 Å². The minimum absolute atomic E-state index is 0.252. The Morgan fingerprint density at radius 2 is 1.81 bits per heavy atom. The molecule has 8 nitrogen and oxygen atoms in total. The molecule has 0 spiro atoms. The molecular formula is C26H26Cl2N6O2. The van der Waals surface area contributed by atoms with Crippen LogP contribution >= 0.6 is 23.2 Å². The van der Waals surface area contributed by atoms with Gasteiger partial charge in [-0.2, -0.15) is 5.10 Å². The second-order valence-corrected chi connectivity index (χ2v) is 9.05. The van der Waals surface area contributed by atoms with E-state index >= 15 is 0 Å². The van der Waals surface area contributed by atoms with Gasteiger partial charge in [-0.05, 0) is 55.8 Å². The number of nitrogens with one attached hydrogen (secondary N) is 2. The maximum absolute atomic E-state index is 12.8. The van der Waals surface area contributed by atoms with Crippen molar-refractivity contribution in [1.29, 1.82) is 0 Å². The number of anilines is 1. The number of aromatic nitrogens is 3. The molecule has 0 fully saturated rings. The summed E-state index contributed by atoms with van der Waals surface area (Å²) in [6.07, 6.45) is 1.45. The van der Waals surface area contributed by atoms with Crippen LogP contribution in [0, 0.1) is 6.92 Å². The fraction of sp³-hybridized carbons (Fsp3) is 0.192. The maximum Gasteiger partial charge on any atom is 0.258 e. The van der Waals surface area contributed by atoms with E-state index in [2.05, 4.69) is 20.7 Å². The zero-order valence-electron chi connectivity index (χ0n) is 20.1. The molecule has 4 N–H and O–H groups in total. The molecule has 4 aromatic rings. The lowest BCUT2D eigenvalue weighted by atomic mass is 10.2. The number of hydrogen-bond donors (Lipinski definition) is 3. The molecule has 2 aromatic carbocycles. The van der Waals surface area contributed by atoms with Gasteiger partial charge in [-0.25, -0.2) is 9.67 Å². The molecule has 2 aromatic heterocycles. The Kier molecular flexibility index (Phi) is 7.67. The number of amides is 1. The van der Waals surface area contributed by atoms with Crippen LogP contribution in [0.3, 0.4) is 0 Å². The summed E-state index contributed by atoms with van der Waals surface area (Å²) in [5.74, 6) is 0.435. The summed E-state index contributed by atoms with van der Waals surface area (Å²) < 4.78 is 6.88. The number of carbonyl (C=O) groups excluding carboxylic acids is 1. The number of halogens is 2. The lowest BCUT2D eigenvalue weighted by molar-refractivity contribution is 0.102. The van der Waals surface area contributed by atoms with Crippen LogP contribution in [-0.4, -0.2) is 27.8 Å². The summed E-state index contributed by atoms with van der Waals surface area (Å²) in [5, 5.41) is 12.2. The van der Waals surface area contributed by atoms with E-state index in [0.717, 1.165) is 17.0 Å². The molecule has 0 atom stereocenters. The third-order valence-corrected chi connectivity index (χ3v) is 6.38. The summed E-state index contributed by atoms with van der Waals surface area (Å²) >= 11 is 12.6. The van der Waals surface area contributed by atoms with E-state index in [4.69, 9.17) is 33.7 Å². The topological polar surface area (TPSA) is 107 Å². The highest BCUT2D eigenvalue weighted by Gasteiger charge is 2.20. The molecule has 0 unspecified atom stereocenters. The van der Waals surface area contributed by atoms with Crippen LogP contribution in [0.5, 0.6) is 5.75 Å². The standard InChI is InChI=1S/C26H26Cl2N6O2/c1-15(30-12-17-4-10-20(36-3)11-5-17)22(29)14-34-25-23(16(2)33-34)24(28)21(13-31-25)26(35)32-19-8-6-18(27)7-9-19/h4-11,13,30H,12,14,29H2,1-3H3,(H,32,35)/b22-15-. The lowest BCUT2D eigenvalue weighted by Crippen LogP contribution is -2.20. The van der Waals surface area contributed by atoms with Crippen LogP contribution in [0.2, 0.25) is 10.0 Å². The normalized spacial score (nSPS) is 11.8. The van der Waals surface area contributed by atoms with E-state index < -0.39 is 0 Å². The number of hydrogen-bond acceptors (Lipinski definition) is 6. The molecule has 0 aliphatic rings. The Morgan fingerprint density at radius 3 is 2.47 bits per heavy atom. The fourth-order valence-corrected chi connectivity index (χ4v) is 4.13. The van der Waals surface area contributed by atoms with Gasteiger partial charge in [0.1, 0.15) is 5.75 Å². The molecule has 0 aliphatic carbocycles. The summed E-state index contributed by atoms with van der Waals surface area (Å²) in [5.41, 5.74) is 11.0. The molecule has 0 radical (unpaired) electrons. The molecular weight excluding hydrogens is 499 g/mol. The number of fused-ring (bicyclic) bond motifs is 1. The molecule has 1 amide bonds. The fourth-order valence-electron chi connectivity index (χ4n) is 3.65. The number of carbonyl (C=O) groups is 1. The molecule has 0 saturated carbocycles. The molecule has 36 heavy (non-hydrogen) atoms. The van der Waals surface area contributed by atoms with Crippen molar-refractivity contribution >= 4 is 45.8 Å². The van der Waals surface area contributed by atoms with Crippen LogP contribution < -0.4 is 21.1 Å². The average molecular weight is 525 g/mol. The van der Waals surface area contributed by atoms with Crippen molar-refractivity contribution in [3.05, 3.63) is 93.0 Å². The molecule has 4 rings (SSSR count). The summed E-state index contributed by atoms with van der Waals surface area (Å²) in [7, 11) is 1.64. The Balaban J connectivity index is 1.51. The van der Waals surface area contributed by atoms with Crippen LogP contribution in [0.4, 0.5) is 5.69 Å². The molecule has 2 heterocycles. The third-order valence-electron chi connectivity index (χ3n) is 5.74. The highest BCUT2D eigenvalue weighted by molar-refractivity contribution is 6.39. The van der Waals surface area contributed by atoms with Gasteiger partial charge in [-0.15, -0.1) is 0 Å². The third kappa shape index (κ3) is 5.56. The van der Waals surface area contributed by atoms with Crippen LogP contribution in [0.1, 0.15) is 28.5 Å². The highest BCUT2D eigenvalue weighted by atomic mass is 35.5. The minimum Gasteiger partial charge on any atom is -0.497 e. The first kappa shape index (κ1) is 25.3. The van der Waals surface area contributed by atoms with Gasteiger partial charge < -0.3 is 21.1 Å². The maximum atomic E-state index is 12.8. The number of methoxy groups -OCH3 is 1. The summed E-state index contributed by atoms with van der Waals surface area (Å²) in [6, 6.07) is 14.6. The average Bonchev–Trinajstić information content (AvgIpc) is 3.19. The van der Waals surface area contributed by atoms with Gasteiger partial charge in [0.25, 0.3) is 5.91 Å². The summed E-state index contributed by atoms with van der Waals surface area (Å²) in [6.45, 7) is 4.66. The van der Waals surface area contributed by atoms with Crippen LogP contribution in [-0.2, 0) is 13.1 Å². The Bertz CT molecular complexity index is 1430. The molecule has 186 valence electrons. The van der Waals surface area contributed by atoms with Crippen LogP contribution in [0.25, 0.3) is 11.0 Å². The van der Waals surface area contributed by atoms with Gasteiger partial charge >= 0.3 is 0 Å². The number of aryl methyl sites for hydroxylation is 1. The number of allylic oxidation sites excluding steroid dienone is 2. The van der Waals surface area contributed by atoms with Crippen molar-refractivity contribution in [2.45, 2.75) is 26.9 Å². The first-order valence-corrected chi connectivity index (χ1v) is 11.9. The highest BCUT2D eigenvalue weighted by Crippen LogP contribution is 2.29. The van der Waals surface area contributed by atoms with E-state index in [1.807, 2.05) is 38.1 Å². The van der Waals surface area contributed by atoms with Gasteiger partial charge in [0, 0.05) is 34.8 Å². The molecule has 10 heteroatoms. The van der Waals surface area contributed by atoms with Crippen molar-refractivity contribution in [2.75, 3.05) is 12.4 Å². The lowest BCUT2D eigenvalue weighted by Gasteiger charge is -2.12. The number of ether oxygens (including phenoxy) is 1. The van der Waals surface area contributed by atoms with Crippen molar-refractivity contribution in [1.82, 2.24) is 20.1 Å². The molecule has 0 aliphatic heterocycles. The van der Waals surface area contributed by atoms with E-state index in [9.17, 15) is 4.79 Å². The van der Waals surface area contributed by atoms with Crippen molar-refractivity contribution in [3.63, 3.8) is 0 Å². The smallest absolute Gasteiger partial charge is 0.258 e. The van der Waals surface area contributed by atoms with Gasteiger partial charge in [-0.3, -0.25) is 4.79 Å². The second-order valence-electron chi connectivity index (χ2n) is 8.24. The van der Waals surface area contributed by atoms with Crippen LogP contribution in [0.15, 0.2) is 66.1 Å². The largest absolute Gasteiger partial charge is 0.497 e. The van der Waals surface area contributed by atoms with Gasteiger partial charge in [-0.1, -0.05) is 35.3 Å². The van der Waals surface area contributed by atoms with Gasteiger partial charge in [0.05, 0.1) is 35.3 Å². The van der Waals surface area contributed by atoms with E-state index in [1.54, 1.807) is 36.1 Å². The molecule has 0 bridgehead atoms. The minimum atomic E-state index is -0.373. The molecule has 0 saturated heterocycles. The monoisotopic (exact) mass is 524 g/mol. The number of pyridine rings is 1. The van der Waals surface area contributed by atoms with Crippen molar-refractivity contribution in [3.8, 4) is 5.75 Å². The van der Waals surface area contributed by atoms with E-state index in [-0.39, 0.29) is 16.5 Å². The Labute approximate surface area is 219 Å². The predicted molar refractivity (Wildman–Crippen MR) is 143 cm³/mol. The second kappa shape index (κ2) is 10.9. The SMILES string of the molecule is COc1ccc(CN/C(C)=C(\N)Cn2nc(C)c3c(Cl)c(C(=O)Nc4ccc(Cl)cc4)cnc32)cc1. The van der Waals surface area contributed by atoms with E-state index in [1.165, 1.54) is 6.20 Å². The Hall–Kier alpha value is -3.75. The number of nitrogens with two attached hydrogens (primary N) is 1. The van der Waals surface area contributed by atoms with Crippen molar-refractivity contribution < 1.29 is 9.53 Å². The summed E-state index contributed by atoms with van der Waals surface area (Å²) in [4.78, 5) is 17.3. The first-order chi connectivity index (χ1) is 17.3.